The van der Waals surface area contributed by atoms with Crippen LogP contribution in [0.4, 0.5) is 8.78 Å². The molecule has 0 bridgehead atoms. The van der Waals surface area contributed by atoms with Crippen molar-refractivity contribution in [2.45, 2.75) is 6.43 Å². The van der Waals surface area contributed by atoms with Crippen LogP contribution in [0.15, 0.2) is 10.7 Å². The van der Waals surface area contributed by atoms with E-state index in [1.54, 1.807) is 0 Å². The maximum absolute atomic E-state index is 12.2. The number of pyridine rings is 1. The Balaban J connectivity index is 3.31. The van der Waals surface area contributed by atoms with Gasteiger partial charge in [0.15, 0.2) is 6.29 Å². The van der Waals surface area contributed by atoms with E-state index in [4.69, 9.17) is 11.6 Å². The zero-order valence-corrected chi connectivity index (χ0v) is 8.44. The van der Waals surface area contributed by atoms with Gasteiger partial charge in [-0.05, 0) is 15.9 Å². The van der Waals surface area contributed by atoms with Gasteiger partial charge >= 0.3 is 0 Å². The van der Waals surface area contributed by atoms with Crippen molar-refractivity contribution in [2.24, 2.45) is 0 Å². The Morgan fingerprint density at radius 2 is 2.23 bits per heavy atom. The first-order valence-corrected chi connectivity index (χ1v) is 4.32. The van der Waals surface area contributed by atoms with Crippen LogP contribution in [0.25, 0.3) is 0 Å². The fourth-order valence-corrected chi connectivity index (χ4v) is 1.42. The van der Waals surface area contributed by atoms with Gasteiger partial charge in [-0.25, -0.2) is 8.78 Å². The maximum Gasteiger partial charge on any atom is 0.281 e. The van der Waals surface area contributed by atoms with E-state index in [1.165, 1.54) is 0 Å². The number of halogens is 4. The summed E-state index contributed by atoms with van der Waals surface area (Å²) in [7, 11) is 0. The molecule has 1 aromatic heterocycles. The lowest BCUT2D eigenvalue weighted by Crippen LogP contribution is -1.95. The molecule has 70 valence electrons. The van der Waals surface area contributed by atoms with Crippen molar-refractivity contribution in [3.05, 3.63) is 26.9 Å². The standard InChI is InChI=1S/C7H3BrClF2NO/c8-4-5(9)3(2-13)1-12-6(4)7(10)11/h1-2,7H. The second-order valence-corrected chi connectivity index (χ2v) is 3.32. The molecule has 1 rings (SSSR count). The van der Waals surface area contributed by atoms with Crippen molar-refractivity contribution >= 4 is 33.8 Å². The van der Waals surface area contributed by atoms with Gasteiger partial charge < -0.3 is 0 Å². The highest BCUT2D eigenvalue weighted by molar-refractivity contribution is 9.10. The predicted octanol–water partition coefficient (Wildman–Crippen LogP) is 3.25. The first-order valence-electron chi connectivity index (χ1n) is 3.15. The van der Waals surface area contributed by atoms with Crippen molar-refractivity contribution in [2.75, 3.05) is 0 Å². The third-order valence-electron chi connectivity index (χ3n) is 1.35. The molecule has 1 aromatic rings. The van der Waals surface area contributed by atoms with E-state index in [0.717, 1.165) is 6.20 Å². The third-order valence-corrected chi connectivity index (χ3v) is 2.79. The SMILES string of the molecule is O=Cc1cnc(C(F)F)c(Br)c1Cl. The summed E-state index contributed by atoms with van der Waals surface area (Å²) >= 11 is 8.43. The predicted molar refractivity (Wildman–Crippen MR) is 47.3 cm³/mol. The number of carbonyl (C=O) groups excluding carboxylic acids is 1. The Hall–Kier alpha value is -0.550. The minimum Gasteiger partial charge on any atom is -0.298 e. The van der Waals surface area contributed by atoms with E-state index in [1.807, 2.05) is 0 Å². The summed E-state index contributed by atoms with van der Waals surface area (Å²) < 4.78 is 24.4. The summed E-state index contributed by atoms with van der Waals surface area (Å²) in [6.07, 6.45) is -1.25. The molecule has 1 heterocycles. The summed E-state index contributed by atoms with van der Waals surface area (Å²) in [4.78, 5) is 13.7. The lowest BCUT2D eigenvalue weighted by atomic mass is 10.2. The normalized spacial score (nSPS) is 10.5. The van der Waals surface area contributed by atoms with Gasteiger partial charge in [0.05, 0.1) is 15.1 Å². The second-order valence-electron chi connectivity index (χ2n) is 2.15. The second kappa shape index (κ2) is 4.11. The first kappa shape index (κ1) is 10.5. The van der Waals surface area contributed by atoms with Crippen molar-refractivity contribution in [1.29, 1.82) is 0 Å². The van der Waals surface area contributed by atoms with Crippen LogP contribution in [0.1, 0.15) is 22.5 Å². The first-order chi connectivity index (χ1) is 6.07. The van der Waals surface area contributed by atoms with E-state index in [2.05, 4.69) is 20.9 Å². The lowest BCUT2D eigenvalue weighted by Gasteiger charge is -2.04. The fourth-order valence-electron chi connectivity index (χ4n) is 0.726. The number of nitrogens with zero attached hydrogens (tertiary/aromatic N) is 1. The number of hydrogen-bond donors (Lipinski definition) is 0. The molecular formula is C7H3BrClF2NO. The lowest BCUT2D eigenvalue weighted by molar-refractivity contribution is 0.112. The molecule has 0 unspecified atom stereocenters. The summed E-state index contributed by atoms with van der Waals surface area (Å²) in [6.45, 7) is 0. The maximum atomic E-state index is 12.2. The van der Waals surface area contributed by atoms with Crippen LogP contribution in [0.3, 0.4) is 0 Å². The molecule has 0 fully saturated rings. The Labute approximate surface area is 86.0 Å². The van der Waals surface area contributed by atoms with Crippen molar-refractivity contribution in [3.8, 4) is 0 Å². The zero-order chi connectivity index (χ0) is 10.0. The van der Waals surface area contributed by atoms with E-state index in [9.17, 15) is 13.6 Å². The minimum atomic E-state index is -2.72. The van der Waals surface area contributed by atoms with Crippen molar-refractivity contribution in [1.82, 2.24) is 4.98 Å². The summed E-state index contributed by atoms with van der Waals surface area (Å²) in [5.74, 6) is 0. The van der Waals surface area contributed by atoms with Gasteiger partial charge in [-0.15, -0.1) is 0 Å². The molecule has 6 heteroatoms. The zero-order valence-electron chi connectivity index (χ0n) is 6.10. The molecule has 0 amide bonds. The number of alkyl halides is 2. The molecule has 0 saturated heterocycles. The number of aldehydes is 1. The Bertz CT molecular complexity index is 346. The van der Waals surface area contributed by atoms with Crippen LogP contribution in [-0.4, -0.2) is 11.3 Å². The molecule has 0 radical (unpaired) electrons. The number of rotatable bonds is 2. The third kappa shape index (κ3) is 2.03. The average molecular weight is 270 g/mol. The monoisotopic (exact) mass is 269 g/mol. The van der Waals surface area contributed by atoms with Gasteiger partial charge in [0.25, 0.3) is 6.43 Å². The molecule has 0 aliphatic carbocycles. The van der Waals surface area contributed by atoms with Crippen molar-refractivity contribution < 1.29 is 13.6 Å². The van der Waals surface area contributed by atoms with Gasteiger partial charge in [0.2, 0.25) is 0 Å². The highest BCUT2D eigenvalue weighted by Crippen LogP contribution is 2.32. The number of carbonyl (C=O) groups is 1. The van der Waals surface area contributed by atoms with Crippen LogP contribution < -0.4 is 0 Å². The highest BCUT2D eigenvalue weighted by Gasteiger charge is 2.17. The van der Waals surface area contributed by atoms with Gasteiger partial charge in [0, 0.05) is 6.20 Å². The van der Waals surface area contributed by atoms with Crippen LogP contribution >= 0.6 is 27.5 Å². The molecule has 0 aliphatic heterocycles. The Morgan fingerprint density at radius 3 is 2.69 bits per heavy atom. The van der Waals surface area contributed by atoms with E-state index in [-0.39, 0.29) is 15.1 Å². The Kier molecular flexibility index (Phi) is 3.33. The van der Waals surface area contributed by atoms with Crippen LogP contribution in [0.2, 0.25) is 5.02 Å². The van der Waals surface area contributed by atoms with Gasteiger partial charge in [-0.2, -0.15) is 0 Å². The minimum absolute atomic E-state index is 0.0335. The largest absolute Gasteiger partial charge is 0.298 e. The molecule has 2 nitrogen and oxygen atoms in total. The van der Waals surface area contributed by atoms with Gasteiger partial charge in [-0.3, -0.25) is 9.78 Å². The molecular weight excluding hydrogens is 267 g/mol. The van der Waals surface area contributed by atoms with Crippen LogP contribution in [0.5, 0.6) is 0 Å². The van der Waals surface area contributed by atoms with E-state index >= 15 is 0 Å². The topological polar surface area (TPSA) is 30.0 Å². The van der Waals surface area contributed by atoms with E-state index < -0.39 is 12.1 Å². The summed E-state index contributed by atoms with van der Waals surface area (Å²) in [5.41, 5.74) is -0.381. The number of aromatic nitrogens is 1. The van der Waals surface area contributed by atoms with E-state index in [0.29, 0.717) is 6.29 Å². The van der Waals surface area contributed by atoms with Gasteiger partial charge in [0.1, 0.15) is 5.69 Å². The quantitative estimate of drug-likeness (QED) is 0.772. The van der Waals surface area contributed by atoms with Crippen LogP contribution in [0, 0.1) is 0 Å². The molecule has 0 N–H and O–H groups in total. The molecule has 13 heavy (non-hydrogen) atoms. The summed E-state index contributed by atoms with van der Waals surface area (Å²) in [6, 6.07) is 0. The molecule has 0 aromatic carbocycles. The molecule has 0 atom stereocenters. The Morgan fingerprint density at radius 1 is 1.62 bits per heavy atom. The van der Waals surface area contributed by atoms with Gasteiger partial charge in [-0.1, -0.05) is 11.6 Å². The summed E-state index contributed by atoms with van der Waals surface area (Å²) in [5, 5.41) is -0.0414. The average Bonchev–Trinajstić information content (AvgIpc) is 2.09. The highest BCUT2D eigenvalue weighted by atomic mass is 79.9. The van der Waals surface area contributed by atoms with Crippen LogP contribution in [-0.2, 0) is 0 Å². The smallest absolute Gasteiger partial charge is 0.281 e. The number of hydrogen-bond acceptors (Lipinski definition) is 2. The molecule has 0 aliphatic rings. The molecule has 0 saturated carbocycles. The fraction of sp³-hybridized carbons (Fsp3) is 0.143. The molecule has 0 spiro atoms. The van der Waals surface area contributed by atoms with Crippen molar-refractivity contribution in [3.63, 3.8) is 0 Å².